The largest absolute Gasteiger partial charge is 0.395 e. The summed E-state index contributed by atoms with van der Waals surface area (Å²) in [6.45, 7) is 0.395. The SMILES string of the molecule is Cn1nc(C2CCC2)cc1NC(=O)N(CCO)C1CC1. The van der Waals surface area contributed by atoms with Gasteiger partial charge in [-0.25, -0.2) is 4.79 Å². The van der Waals surface area contributed by atoms with Gasteiger partial charge >= 0.3 is 6.03 Å². The first-order chi connectivity index (χ1) is 9.69. The molecule has 2 fully saturated rings. The van der Waals surface area contributed by atoms with Crippen LogP contribution in [0.1, 0.15) is 43.7 Å². The first-order valence-electron chi connectivity index (χ1n) is 7.41. The molecule has 0 aliphatic heterocycles. The Morgan fingerprint density at radius 1 is 1.50 bits per heavy atom. The zero-order valence-electron chi connectivity index (χ0n) is 11.9. The molecule has 2 N–H and O–H groups in total. The van der Waals surface area contributed by atoms with Crippen molar-refractivity contribution in [2.75, 3.05) is 18.5 Å². The summed E-state index contributed by atoms with van der Waals surface area (Å²) in [4.78, 5) is 14.0. The monoisotopic (exact) mass is 278 g/mol. The molecular weight excluding hydrogens is 256 g/mol. The van der Waals surface area contributed by atoms with Crippen LogP contribution in [0.2, 0.25) is 0 Å². The first kappa shape index (κ1) is 13.4. The lowest BCUT2D eigenvalue weighted by Crippen LogP contribution is -2.39. The highest BCUT2D eigenvalue weighted by molar-refractivity contribution is 5.89. The average molecular weight is 278 g/mol. The van der Waals surface area contributed by atoms with Gasteiger partial charge in [-0.2, -0.15) is 5.10 Å². The van der Waals surface area contributed by atoms with Gasteiger partial charge in [0.15, 0.2) is 0 Å². The Bertz CT molecular complexity index is 491. The topological polar surface area (TPSA) is 70.4 Å². The lowest BCUT2D eigenvalue weighted by Gasteiger charge is -2.22. The highest BCUT2D eigenvalue weighted by Crippen LogP contribution is 2.36. The van der Waals surface area contributed by atoms with E-state index in [1.54, 1.807) is 9.58 Å². The lowest BCUT2D eigenvalue weighted by atomic mass is 9.83. The van der Waals surface area contributed by atoms with Gasteiger partial charge in [0.1, 0.15) is 5.82 Å². The van der Waals surface area contributed by atoms with E-state index in [4.69, 9.17) is 5.11 Å². The number of amides is 2. The second-order valence-electron chi connectivity index (χ2n) is 5.78. The van der Waals surface area contributed by atoms with Crippen LogP contribution in [-0.4, -0.2) is 45.0 Å². The maximum Gasteiger partial charge on any atom is 0.323 e. The molecular formula is C14H22N4O2. The zero-order chi connectivity index (χ0) is 14.1. The molecule has 1 heterocycles. The Balaban J connectivity index is 1.66. The van der Waals surface area contributed by atoms with Crippen LogP contribution < -0.4 is 5.32 Å². The molecule has 2 amide bonds. The minimum atomic E-state index is -0.135. The highest BCUT2D eigenvalue weighted by atomic mass is 16.3. The standard InChI is InChI=1S/C14H22N4O2/c1-17-13(9-12(16-17)10-3-2-4-10)15-14(20)18(7-8-19)11-5-6-11/h9-11,19H,2-8H2,1H3,(H,15,20). The molecule has 2 aliphatic carbocycles. The van der Waals surface area contributed by atoms with Gasteiger partial charge in [-0.15, -0.1) is 0 Å². The lowest BCUT2D eigenvalue weighted by molar-refractivity contribution is 0.185. The van der Waals surface area contributed by atoms with E-state index in [2.05, 4.69) is 10.4 Å². The van der Waals surface area contributed by atoms with Gasteiger partial charge in [-0.1, -0.05) is 6.42 Å². The number of aliphatic hydroxyl groups excluding tert-OH is 1. The second kappa shape index (κ2) is 5.44. The number of aryl methyl sites for hydroxylation is 1. The third-order valence-electron chi connectivity index (χ3n) is 4.25. The van der Waals surface area contributed by atoms with Crippen LogP contribution in [0.3, 0.4) is 0 Å². The number of aromatic nitrogens is 2. The molecule has 0 bridgehead atoms. The minimum Gasteiger partial charge on any atom is -0.395 e. The highest BCUT2D eigenvalue weighted by Gasteiger charge is 2.32. The van der Waals surface area contributed by atoms with Gasteiger partial charge in [0.2, 0.25) is 0 Å². The summed E-state index contributed by atoms with van der Waals surface area (Å²) in [5.41, 5.74) is 1.08. The van der Waals surface area contributed by atoms with E-state index in [-0.39, 0.29) is 12.6 Å². The Morgan fingerprint density at radius 3 is 2.80 bits per heavy atom. The summed E-state index contributed by atoms with van der Waals surface area (Å²) < 4.78 is 1.73. The number of urea groups is 1. The van der Waals surface area contributed by atoms with Crippen LogP contribution >= 0.6 is 0 Å². The van der Waals surface area contributed by atoms with Crippen LogP contribution in [0.15, 0.2) is 6.07 Å². The third-order valence-corrected chi connectivity index (χ3v) is 4.25. The van der Waals surface area contributed by atoms with E-state index in [1.807, 2.05) is 13.1 Å². The van der Waals surface area contributed by atoms with E-state index in [1.165, 1.54) is 19.3 Å². The molecule has 6 heteroatoms. The molecule has 1 aromatic heterocycles. The number of nitrogens with zero attached hydrogens (tertiary/aromatic N) is 3. The van der Waals surface area contributed by atoms with Crippen LogP contribution in [0.4, 0.5) is 10.6 Å². The zero-order valence-corrected chi connectivity index (χ0v) is 11.9. The van der Waals surface area contributed by atoms with Gasteiger partial charge in [-0.3, -0.25) is 10.00 Å². The van der Waals surface area contributed by atoms with Crippen molar-refractivity contribution in [1.29, 1.82) is 0 Å². The number of hydrogen-bond acceptors (Lipinski definition) is 3. The molecule has 6 nitrogen and oxygen atoms in total. The molecule has 0 atom stereocenters. The molecule has 0 aromatic carbocycles. The normalized spacial score (nSPS) is 18.7. The first-order valence-corrected chi connectivity index (χ1v) is 7.41. The Morgan fingerprint density at radius 2 is 2.25 bits per heavy atom. The van der Waals surface area contributed by atoms with Crippen molar-refractivity contribution in [3.05, 3.63) is 11.8 Å². The molecule has 3 rings (SSSR count). The predicted molar refractivity (Wildman–Crippen MR) is 75.6 cm³/mol. The van der Waals surface area contributed by atoms with Crippen molar-refractivity contribution in [3.63, 3.8) is 0 Å². The van der Waals surface area contributed by atoms with Crippen LogP contribution in [0.25, 0.3) is 0 Å². The summed E-state index contributed by atoms with van der Waals surface area (Å²) >= 11 is 0. The summed E-state index contributed by atoms with van der Waals surface area (Å²) in [6, 6.07) is 2.14. The van der Waals surface area contributed by atoms with E-state index in [9.17, 15) is 4.79 Å². The van der Waals surface area contributed by atoms with E-state index < -0.39 is 0 Å². The van der Waals surface area contributed by atoms with Crippen molar-refractivity contribution in [1.82, 2.24) is 14.7 Å². The second-order valence-corrected chi connectivity index (χ2v) is 5.78. The maximum absolute atomic E-state index is 12.3. The number of nitrogens with one attached hydrogen (secondary N) is 1. The van der Waals surface area contributed by atoms with Gasteiger partial charge in [0.25, 0.3) is 0 Å². The number of anilines is 1. The molecule has 2 aliphatic rings. The van der Waals surface area contributed by atoms with E-state index in [0.717, 1.165) is 24.4 Å². The van der Waals surface area contributed by atoms with Gasteiger partial charge < -0.3 is 10.0 Å². The van der Waals surface area contributed by atoms with Gasteiger partial charge in [0, 0.05) is 31.6 Å². The molecule has 0 radical (unpaired) electrons. The number of rotatable bonds is 5. The van der Waals surface area contributed by atoms with Gasteiger partial charge in [-0.05, 0) is 25.7 Å². The Hall–Kier alpha value is -1.56. The smallest absolute Gasteiger partial charge is 0.323 e. The van der Waals surface area contributed by atoms with E-state index in [0.29, 0.717) is 18.5 Å². The third kappa shape index (κ3) is 2.65. The van der Waals surface area contributed by atoms with Crippen molar-refractivity contribution >= 4 is 11.8 Å². The average Bonchev–Trinajstić information content (AvgIpc) is 3.11. The number of carbonyl (C=O) groups is 1. The van der Waals surface area contributed by atoms with Crippen molar-refractivity contribution in [2.24, 2.45) is 7.05 Å². The molecule has 1 aromatic rings. The van der Waals surface area contributed by atoms with Crippen molar-refractivity contribution < 1.29 is 9.90 Å². The van der Waals surface area contributed by atoms with Crippen LogP contribution in [0.5, 0.6) is 0 Å². The number of aliphatic hydroxyl groups is 1. The molecule has 0 unspecified atom stereocenters. The predicted octanol–water partition coefficient (Wildman–Crippen LogP) is 1.68. The molecule has 110 valence electrons. The molecule has 20 heavy (non-hydrogen) atoms. The maximum atomic E-state index is 12.3. The van der Waals surface area contributed by atoms with Gasteiger partial charge in [0.05, 0.1) is 12.3 Å². The van der Waals surface area contributed by atoms with E-state index >= 15 is 0 Å². The Labute approximate surface area is 118 Å². The fraction of sp³-hybridized carbons (Fsp3) is 0.714. The fourth-order valence-electron chi connectivity index (χ4n) is 2.64. The van der Waals surface area contributed by atoms with Crippen molar-refractivity contribution in [2.45, 2.75) is 44.1 Å². The molecule has 0 saturated heterocycles. The summed E-state index contributed by atoms with van der Waals surface area (Å²) in [5.74, 6) is 1.30. The summed E-state index contributed by atoms with van der Waals surface area (Å²) in [5, 5.41) is 16.5. The fourth-order valence-corrected chi connectivity index (χ4v) is 2.64. The molecule has 0 spiro atoms. The Kier molecular flexibility index (Phi) is 3.65. The van der Waals surface area contributed by atoms with Crippen molar-refractivity contribution in [3.8, 4) is 0 Å². The number of carbonyl (C=O) groups excluding carboxylic acids is 1. The van der Waals surface area contributed by atoms with Crippen LogP contribution in [-0.2, 0) is 7.05 Å². The summed E-state index contributed by atoms with van der Waals surface area (Å²) in [6.07, 6.45) is 5.74. The number of hydrogen-bond donors (Lipinski definition) is 2. The summed E-state index contributed by atoms with van der Waals surface area (Å²) in [7, 11) is 1.85. The quantitative estimate of drug-likeness (QED) is 0.861. The minimum absolute atomic E-state index is 0.00261. The molecule has 2 saturated carbocycles. The van der Waals surface area contributed by atoms with Crippen LogP contribution in [0, 0.1) is 0 Å².